The molecule has 2 amide bonds. The highest BCUT2D eigenvalue weighted by Crippen LogP contribution is 2.27. The molecule has 0 aromatic heterocycles. The average molecular weight is 350 g/mol. The largest absolute Gasteiger partial charge is 0.484 e. The van der Waals surface area contributed by atoms with E-state index in [2.05, 4.69) is 10.6 Å². The van der Waals surface area contributed by atoms with E-state index in [9.17, 15) is 22.8 Å². The molecule has 2 aromatic rings. The fourth-order valence-corrected chi connectivity index (χ4v) is 2.41. The van der Waals surface area contributed by atoms with E-state index in [0.29, 0.717) is 30.3 Å². The standard InChI is InChI=1S/C17H13F3N2O3/c18-11-3-5-13(17(20)16(11)19)22-15(24)8-25-10-2-4-12-9(7-10)1-6-14(23)21-12/h2-5,7H,1,6,8H2,(H,21,23)(H,22,24). The SMILES string of the molecule is O=C1CCc2cc(OCC(=O)Nc3ccc(F)c(F)c3F)ccc2N1. The summed E-state index contributed by atoms with van der Waals surface area (Å²) in [6.07, 6.45) is 0.928. The molecule has 1 heterocycles. The Morgan fingerprint density at radius 1 is 1.12 bits per heavy atom. The van der Waals surface area contributed by atoms with Crippen LogP contribution in [0.5, 0.6) is 5.75 Å². The highest BCUT2D eigenvalue weighted by Gasteiger charge is 2.17. The van der Waals surface area contributed by atoms with Crippen molar-refractivity contribution in [3.05, 3.63) is 53.3 Å². The number of rotatable bonds is 4. The predicted octanol–water partition coefficient (Wildman–Crippen LogP) is 3.01. The summed E-state index contributed by atoms with van der Waals surface area (Å²) >= 11 is 0. The minimum Gasteiger partial charge on any atom is -0.484 e. The van der Waals surface area contributed by atoms with Crippen LogP contribution in [-0.2, 0) is 16.0 Å². The summed E-state index contributed by atoms with van der Waals surface area (Å²) < 4.78 is 44.8. The van der Waals surface area contributed by atoms with E-state index in [4.69, 9.17) is 4.74 Å². The second-order valence-corrected chi connectivity index (χ2v) is 5.43. The van der Waals surface area contributed by atoms with E-state index < -0.39 is 35.7 Å². The van der Waals surface area contributed by atoms with Crippen molar-refractivity contribution in [1.82, 2.24) is 0 Å². The number of fused-ring (bicyclic) bond motifs is 1. The zero-order valence-electron chi connectivity index (χ0n) is 12.9. The van der Waals surface area contributed by atoms with Crippen LogP contribution in [0.2, 0.25) is 0 Å². The van der Waals surface area contributed by atoms with Gasteiger partial charge in [0.05, 0.1) is 5.69 Å². The van der Waals surface area contributed by atoms with Gasteiger partial charge in [-0.25, -0.2) is 13.2 Å². The number of aryl methyl sites for hydroxylation is 1. The van der Waals surface area contributed by atoms with Crippen LogP contribution in [0.15, 0.2) is 30.3 Å². The molecule has 8 heteroatoms. The van der Waals surface area contributed by atoms with Crippen molar-refractivity contribution in [2.24, 2.45) is 0 Å². The highest BCUT2D eigenvalue weighted by molar-refractivity contribution is 5.94. The Hall–Kier alpha value is -3.03. The van der Waals surface area contributed by atoms with Gasteiger partial charge in [0.15, 0.2) is 24.1 Å². The first-order chi connectivity index (χ1) is 11.9. The van der Waals surface area contributed by atoms with Crippen molar-refractivity contribution < 1.29 is 27.5 Å². The van der Waals surface area contributed by atoms with Gasteiger partial charge in [-0.1, -0.05) is 0 Å². The summed E-state index contributed by atoms with van der Waals surface area (Å²) in [5.41, 5.74) is 1.10. The molecule has 2 aromatic carbocycles. The van der Waals surface area contributed by atoms with Crippen molar-refractivity contribution in [2.75, 3.05) is 17.2 Å². The van der Waals surface area contributed by atoms with E-state index in [0.717, 1.165) is 11.6 Å². The summed E-state index contributed by atoms with van der Waals surface area (Å²) in [4.78, 5) is 23.1. The predicted molar refractivity (Wildman–Crippen MR) is 83.8 cm³/mol. The molecule has 1 aliphatic heterocycles. The summed E-state index contributed by atoms with van der Waals surface area (Å²) in [6.45, 7) is -0.441. The van der Waals surface area contributed by atoms with Crippen LogP contribution in [-0.4, -0.2) is 18.4 Å². The molecule has 0 bridgehead atoms. The minimum absolute atomic E-state index is 0.0610. The van der Waals surface area contributed by atoms with Crippen molar-refractivity contribution in [1.29, 1.82) is 0 Å². The molecular weight excluding hydrogens is 337 g/mol. The highest BCUT2D eigenvalue weighted by atomic mass is 19.2. The van der Waals surface area contributed by atoms with Gasteiger partial charge >= 0.3 is 0 Å². The smallest absolute Gasteiger partial charge is 0.262 e. The van der Waals surface area contributed by atoms with E-state index in [-0.39, 0.29) is 5.91 Å². The molecular formula is C17H13F3N2O3. The fraction of sp³-hybridized carbons (Fsp3) is 0.176. The molecule has 0 atom stereocenters. The number of halogens is 3. The third-order valence-corrected chi connectivity index (χ3v) is 3.65. The third-order valence-electron chi connectivity index (χ3n) is 3.65. The molecule has 0 aliphatic carbocycles. The molecule has 0 radical (unpaired) electrons. The van der Waals surface area contributed by atoms with Gasteiger partial charge in [0.2, 0.25) is 5.91 Å². The van der Waals surface area contributed by atoms with Crippen molar-refractivity contribution in [2.45, 2.75) is 12.8 Å². The zero-order valence-corrected chi connectivity index (χ0v) is 12.9. The van der Waals surface area contributed by atoms with E-state index in [1.165, 1.54) is 0 Å². The first-order valence-corrected chi connectivity index (χ1v) is 7.43. The molecule has 0 saturated heterocycles. The molecule has 0 unspecified atom stereocenters. The van der Waals surface area contributed by atoms with E-state index >= 15 is 0 Å². The number of hydrogen-bond donors (Lipinski definition) is 2. The lowest BCUT2D eigenvalue weighted by Crippen LogP contribution is -2.22. The van der Waals surface area contributed by atoms with Crippen molar-refractivity contribution in [3.63, 3.8) is 0 Å². The van der Waals surface area contributed by atoms with Crippen LogP contribution in [0.3, 0.4) is 0 Å². The maximum atomic E-state index is 13.5. The second-order valence-electron chi connectivity index (χ2n) is 5.43. The van der Waals surface area contributed by atoms with Crippen LogP contribution < -0.4 is 15.4 Å². The first-order valence-electron chi connectivity index (χ1n) is 7.43. The lowest BCUT2D eigenvalue weighted by molar-refractivity contribution is -0.118. The average Bonchev–Trinajstić information content (AvgIpc) is 2.60. The van der Waals surface area contributed by atoms with Crippen LogP contribution in [0, 0.1) is 17.5 Å². The van der Waals surface area contributed by atoms with Gasteiger partial charge in [-0.15, -0.1) is 0 Å². The number of carbonyl (C=O) groups is 2. The second kappa shape index (κ2) is 6.84. The number of nitrogens with one attached hydrogen (secondary N) is 2. The maximum absolute atomic E-state index is 13.5. The number of benzene rings is 2. The number of carbonyl (C=O) groups excluding carboxylic acids is 2. The summed E-state index contributed by atoms with van der Waals surface area (Å²) in [5, 5.41) is 4.83. The molecule has 0 fully saturated rings. The molecule has 25 heavy (non-hydrogen) atoms. The molecule has 0 spiro atoms. The van der Waals surface area contributed by atoms with E-state index in [1.807, 2.05) is 0 Å². The minimum atomic E-state index is -1.66. The van der Waals surface area contributed by atoms with Crippen LogP contribution in [0.4, 0.5) is 24.5 Å². The summed E-state index contributed by atoms with van der Waals surface area (Å²) in [7, 11) is 0. The monoisotopic (exact) mass is 350 g/mol. The number of amides is 2. The molecule has 2 N–H and O–H groups in total. The van der Waals surface area contributed by atoms with Crippen LogP contribution in [0.1, 0.15) is 12.0 Å². The molecule has 5 nitrogen and oxygen atoms in total. The summed E-state index contributed by atoms with van der Waals surface area (Å²) in [5.74, 6) is -4.86. The van der Waals surface area contributed by atoms with Gasteiger partial charge in [0.1, 0.15) is 5.75 Å². The normalized spacial score (nSPS) is 13.0. The quantitative estimate of drug-likeness (QED) is 0.833. The molecule has 0 saturated carbocycles. The molecule has 130 valence electrons. The first kappa shape index (κ1) is 16.8. The fourth-order valence-electron chi connectivity index (χ4n) is 2.41. The van der Waals surface area contributed by atoms with Gasteiger partial charge in [0.25, 0.3) is 5.91 Å². The number of anilines is 2. The maximum Gasteiger partial charge on any atom is 0.262 e. The Morgan fingerprint density at radius 3 is 2.72 bits per heavy atom. The Labute approximate surface area is 140 Å². The Bertz CT molecular complexity index is 855. The van der Waals surface area contributed by atoms with Crippen molar-refractivity contribution >= 4 is 23.2 Å². The van der Waals surface area contributed by atoms with Crippen LogP contribution >= 0.6 is 0 Å². The van der Waals surface area contributed by atoms with Gasteiger partial charge in [-0.2, -0.15) is 0 Å². The Morgan fingerprint density at radius 2 is 1.92 bits per heavy atom. The van der Waals surface area contributed by atoms with Crippen LogP contribution in [0.25, 0.3) is 0 Å². The topological polar surface area (TPSA) is 67.4 Å². The lowest BCUT2D eigenvalue weighted by atomic mass is 10.0. The molecule has 3 rings (SSSR count). The zero-order chi connectivity index (χ0) is 18.0. The van der Waals surface area contributed by atoms with Gasteiger partial charge in [-0.3, -0.25) is 9.59 Å². The van der Waals surface area contributed by atoms with E-state index in [1.54, 1.807) is 18.2 Å². The van der Waals surface area contributed by atoms with Crippen molar-refractivity contribution in [3.8, 4) is 5.75 Å². The number of hydrogen-bond acceptors (Lipinski definition) is 3. The Balaban J connectivity index is 1.61. The van der Waals surface area contributed by atoms with Gasteiger partial charge in [-0.05, 0) is 42.3 Å². The lowest BCUT2D eigenvalue weighted by Gasteiger charge is -2.17. The Kier molecular flexibility index (Phi) is 4.60. The number of ether oxygens (including phenoxy) is 1. The summed E-state index contributed by atoms with van der Waals surface area (Å²) in [6, 6.07) is 6.57. The molecule has 1 aliphatic rings. The third kappa shape index (κ3) is 3.73. The van der Waals surface area contributed by atoms with Gasteiger partial charge < -0.3 is 15.4 Å². The van der Waals surface area contributed by atoms with Gasteiger partial charge in [0, 0.05) is 12.1 Å².